The molecule has 0 spiro atoms. The summed E-state index contributed by atoms with van der Waals surface area (Å²) in [4.78, 5) is 10.7. The number of hydrogen-bond acceptors (Lipinski definition) is 4. The van der Waals surface area contributed by atoms with Crippen molar-refractivity contribution in [3.05, 3.63) is 0 Å². The van der Waals surface area contributed by atoms with E-state index in [4.69, 9.17) is 9.84 Å². The minimum absolute atomic E-state index is 0.0621. The van der Waals surface area contributed by atoms with Crippen LogP contribution in [0.4, 0.5) is 4.79 Å². The first-order valence-corrected chi connectivity index (χ1v) is 3.98. The molecule has 2 fully saturated rings. The van der Waals surface area contributed by atoms with Crippen LogP contribution in [0.1, 0.15) is 6.42 Å². The number of amides is 1. The zero-order valence-corrected chi connectivity index (χ0v) is 6.43. The van der Waals surface area contributed by atoms with Crippen LogP contribution in [0.5, 0.6) is 0 Å². The minimum Gasteiger partial charge on any atom is -0.441 e. The van der Waals surface area contributed by atoms with Gasteiger partial charge in [0.05, 0.1) is 12.1 Å². The number of aliphatic hydroxyl groups is 2. The van der Waals surface area contributed by atoms with Crippen molar-refractivity contribution in [3.63, 3.8) is 0 Å². The van der Waals surface area contributed by atoms with Gasteiger partial charge in [-0.2, -0.15) is 0 Å². The number of carbonyl (C=O) groups excluding carboxylic acids is 1. The Morgan fingerprint density at radius 1 is 1.67 bits per heavy atom. The molecule has 1 saturated heterocycles. The van der Waals surface area contributed by atoms with Crippen molar-refractivity contribution >= 4 is 6.09 Å². The molecule has 0 aromatic rings. The quantitative estimate of drug-likeness (QED) is 0.467. The maximum Gasteiger partial charge on any atom is 0.407 e. The third kappa shape index (κ3) is 0.971. The van der Waals surface area contributed by atoms with Gasteiger partial charge in [-0.25, -0.2) is 4.79 Å². The number of fused-ring (bicyclic) bond motifs is 1. The average molecular weight is 173 g/mol. The van der Waals surface area contributed by atoms with Crippen molar-refractivity contribution in [2.24, 2.45) is 5.92 Å². The van der Waals surface area contributed by atoms with E-state index >= 15 is 0 Å². The van der Waals surface area contributed by atoms with Gasteiger partial charge in [-0.15, -0.1) is 0 Å². The lowest BCUT2D eigenvalue weighted by Gasteiger charge is -2.14. The van der Waals surface area contributed by atoms with E-state index in [9.17, 15) is 9.90 Å². The SMILES string of the molecule is O=C1N[C@@H]2CC(CO)C(O)[C@@H]2O1. The molecule has 0 radical (unpaired) electrons. The van der Waals surface area contributed by atoms with E-state index in [2.05, 4.69) is 5.32 Å². The van der Waals surface area contributed by atoms with E-state index < -0.39 is 18.3 Å². The highest BCUT2D eigenvalue weighted by atomic mass is 16.6. The fraction of sp³-hybridized carbons (Fsp3) is 0.857. The van der Waals surface area contributed by atoms with Crippen molar-refractivity contribution in [2.45, 2.75) is 24.7 Å². The summed E-state index contributed by atoms with van der Waals surface area (Å²) in [6.45, 7) is -0.0621. The van der Waals surface area contributed by atoms with Gasteiger partial charge in [0.25, 0.3) is 0 Å². The van der Waals surface area contributed by atoms with E-state index in [1.807, 2.05) is 0 Å². The van der Waals surface area contributed by atoms with Crippen LogP contribution < -0.4 is 5.32 Å². The smallest absolute Gasteiger partial charge is 0.407 e. The molecule has 5 nitrogen and oxygen atoms in total. The first kappa shape index (κ1) is 7.82. The molecular formula is C7H11NO4. The van der Waals surface area contributed by atoms with Crippen LogP contribution in [0.25, 0.3) is 0 Å². The van der Waals surface area contributed by atoms with E-state index in [0.29, 0.717) is 6.42 Å². The monoisotopic (exact) mass is 173 g/mol. The molecule has 0 aromatic carbocycles. The highest BCUT2D eigenvalue weighted by Gasteiger charge is 2.49. The van der Waals surface area contributed by atoms with Crippen LogP contribution in [-0.2, 0) is 4.74 Å². The third-order valence-corrected chi connectivity index (χ3v) is 2.55. The van der Waals surface area contributed by atoms with Gasteiger partial charge in [-0.1, -0.05) is 0 Å². The summed E-state index contributed by atoms with van der Waals surface area (Å²) >= 11 is 0. The Balaban J connectivity index is 2.08. The summed E-state index contributed by atoms with van der Waals surface area (Å²) in [7, 11) is 0. The second-order valence-electron chi connectivity index (χ2n) is 3.29. The second-order valence-corrected chi connectivity index (χ2v) is 3.29. The summed E-state index contributed by atoms with van der Waals surface area (Å²) < 4.78 is 4.82. The maximum absolute atomic E-state index is 10.7. The summed E-state index contributed by atoms with van der Waals surface area (Å²) in [5.41, 5.74) is 0. The Hall–Kier alpha value is -0.810. The number of carbonyl (C=O) groups is 1. The Kier molecular flexibility index (Phi) is 1.69. The van der Waals surface area contributed by atoms with Crippen LogP contribution in [0.2, 0.25) is 0 Å². The van der Waals surface area contributed by atoms with Gasteiger partial charge in [0.15, 0.2) is 0 Å². The van der Waals surface area contributed by atoms with E-state index in [1.54, 1.807) is 0 Å². The van der Waals surface area contributed by atoms with Crippen molar-refractivity contribution in [1.29, 1.82) is 0 Å². The fourth-order valence-electron chi connectivity index (χ4n) is 1.89. The molecule has 3 N–H and O–H groups in total. The summed E-state index contributed by atoms with van der Waals surface area (Å²) in [6, 6.07) is -0.121. The third-order valence-electron chi connectivity index (χ3n) is 2.55. The molecule has 68 valence electrons. The minimum atomic E-state index is -0.723. The topological polar surface area (TPSA) is 78.8 Å². The zero-order valence-electron chi connectivity index (χ0n) is 6.43. The average Bonchev–Trinajstić information content (AvgIpc) is 2.51. The number of rotatable bonds is 1. The molecule has 2 rings (SSSR count). The summed E-state index contributed by atoms with van der Waals surface area (Å²) in [5, 5.41) is 20.9. The summed E-state index contributed by atoms with van der Waals surface area (Å²) in [6.07, 6.45) is -1.07. The Morgan fingerprint density at radius 3 is 3.00 bits per heavy atom. The molecule has 4 atom stereocenters. The number of nitrogens with one attached hydrogen (secondary N) is 1. The predicted octanol–water partition coefficient (Wildman–Crippen LogP) is -1.16. The van der Waals surface area contributed by atoms with Crippen LogP contribution in [-0.4, -0.2) is 41.2 Å². The van der Waals surface area contributed by atoms with Gasteiger partial charge in [-0.3, -0.25) is 0 Å². The molecule has 1 aliphatic heterocycles. The van der Waals surface area contributed by atoms with E-state index in [0.717, 1.165) is 0 Å². The van der Waals surface area contributed by atoms with Crippen molar-refractivity contribution in [1.82, 2.24) is 5.32 Å². The molecule has 12 heavy (non-hydrogen) atoms. The van der Waals surface area contributed by atoms with Crippen molar-refractivity contribution in [2.75, 3.05) is 6.61 Å². The van der Waals surface area contributed by atoms with Crippen LogP contribution in [0, 0.1) is 5.92 Å². The van der Waals surface area contributed by atoms with Crippen LogP contribution >= 0.6 is 0 Å². The zero-order chi connectivity index (χ0) is 8.72. The number of ether oxygens (including phenoxy) is 1. The highest BCUT2D eigenvalue weighted by molar-refractivity contribution is 5.70. The lowest BCUT2D eigenvalue weighted by atomic mass is 10.1. The molecule has 2 unspecified atom stereocenters. The second kappa shape index (κ2) is 2.60. The molecule has 1 saturated carbocycles. The standard InChI is InChI=1S/C7H11NO4/c9-2-3-1-4-6(5(3)10)12-7(11)8-4/h3-6,9-10H,1-2H2,(H,8,11)/t3?,4-,5?,6-/m1/s1. The van der Waals surface area contributed by atoms with Crippen LogP contribution in [0.15, 0.2) is 0 Å². The van der Waals surface area contributed by atoms with Gasteiger partial charge in [0.2, 0.25) is 0 Å². The van der Waals surface area contributed by atoms with E-state index in [-0.39, 0.29) is 18.6 Å². The maximum atomic E-state index is 10.7. The largest absolute Gasteiger partial charge is 0.441 e. The molecule has 0 aromatic heterocycles. The lowest BCUT2D eigenvalue weighted by molar-refractivity contribution is 0.00772. The number of aliphatic hydroxyl groups excluding tert-OH is 2. The van der Waals surface area contributed by atoms with Gasteiger partial charge in [-0.05, 0) is 6.42 Å². The lowest BCUT2D eigenvalue weighted by Crippen LogP contribution is -2.31. The summed E-state index contributed by atoms with van der Waals surface area (Å²) in [5.74, 6) is -0.166. The normalized spacial score (nSPS) is 45.3. The molecule has 2 aliphatic rings. The molecular weight excluding hydrogens is 162 g/mol. The van der Waals surface area contributed by atoms with Gasteiger partial charge < -0.3 is 20.3 Å². The fourth-order valence-corrected chi connectivity index (χ4v) is 1.89. The molecule has 1 aliphatic carbocycles. The van der Waals surface area contributed by atoms with Gasteiger partial charge >= 0.3 is 6.09 Å². The first-order valence-electron chi connectivity index (χ1n) is 3.98. The van der Waals surface area contributed by atoms with Crippen molar-refractivity contribution in [3.8, 4) is 0 Å². The molecule has 1 amide bonds. The molecule has 0 bridgehead atoms. The van der Waals surface area contributed by atoms with Crippen molar-refractivity contribution < 1.29 is 19.7 Å². The molecule has 1 heterocycles. The molecule has 5 heteroatoms. The number of hydrogen-bond donors (Lipinski definition) is 3. The van der Waals surface area contributed by atoms with Gasteiger partial charge in [0.1, 0.15) is 6.10 Å². The highest BCUT2D eigenvalue weighted by Crippen LogP contribution is 2.31. The Morgan fingerprint density at radius 2 is 2.42 bits per heavy atom. The van der Waals surface area contributed by atoms with Crippen LogP contribution in [0.3, 0.4) is 0 Å². The predicted molar refractivity (Wildman–Crippen MR) is 38.4 cm³/mol. The Bertz CT molecular complexity index is 208. The van der Waals surface area contributed by atoms with Gasteiger partial charge in [0, 0.05) is 12.5 Å². The number of alkyl carbamates (subject to hydrolysis) is 1. The Labute approximate surface area is 69.3 Å². The van der Waals surface area contributed by atoms with E-state index in [1.165, 1.54) is 0 Å². The first-order chi connectivity index (χ1) is 5.72.